The smallest absolute Gasteiger partial charge is 0.335 e. The van der Waals surface area contributed by atoms with Crippen molar-refractivity contribution in [1.29, 1.82) is 0 Å². The van der Waals surface area contributed by atoms with Gasteiger partial charge in [-0.2, -0.15) is 0 Å². The topological polar surface area (TPSA) is 77.8 Å². The van der Waals surface area contributed by atoms with Crippen molar-refractivity contribution >= 4 is 11.9 Å². The number of carbonyl (C=O) groups is 2. The van der Waals surface area contributed by atoms with Gasteiger partial charge in [0.05, 0.1) is 12.0 Å². The Morgan fingerprint density at radius 2 is 1.95 bits per heavy atom. The van der Waals surface area contributed by atoms with Gasteiger partial charge in [0.2, 0.25) is 0 Å². The van der Waals surface area contributed by atoms with E-state index in [9.17, 15) is 9.59 Å². The molecule has 0 unspecified atom stereocenters. The first kappa shape index (κ1) is 16.2. The zero-order chi connectivity index (χ0) is 15.1. The van der Waals surface area contributed by atoms with E-state index in [0.717, 1.165) is 12.1 Å². The Balaban J connectivity index is 2.74. The molecule has 0 spiro atoms. The van der Waals surface area contributed by atoms with E-state index in [2.05, 4.69) is 13.8 Å². The van der Waals surface area contributed by atoms with Crippen LogP contribution in [0.1, 0.15) is 36.2 Å². The molecule has 20 heavy (non-hydrogen) atoms. The first-order chi connectivity index (χ1) is 9.38. The van der Waals surface area contributed by atoms with Crippen molar-refractivity contribution < 1.29 is 19.8 Å². The third-order valence-electron chi connectivity index (χ3n) is 2.85. The Bertz CT molecular complexity index is 471. The summed E-state index contributed by atoms with van der Waals surface area (Å²) in [6.07, 6.45) is 0.0886. The molecule has 0 bridgehead atoms. The van der Waals surface area contributed by atoms with Gasteiger partial charge in [-0.1, -0.05) is 26.0 Å². The highest BCUT2D eigenvalue weighted by atomic mass is 16.4. The van der Waals surface area contributed by atoms with Gasteiger partial charge < -0.3 is 10.2 Å². The van der Waals surface area contributed by atoms with Gasteiger partial charge in [0.15, 0.2) is 0 Å². The van der Waals surface area contributed by atoms with Gasteiger partial charge in [0.1, 0.15) is 0 Å². The highest BCUT2D eigenvalue weighted by molar-refractivity contribution is 5.87. The highest BCUT2D eigenvalue weighted by Gasteiger charge is 2.11. The molecule has 0 fully saturated rings. The lowest BCUT2D eigenvalue weighted by Crippen LogP contribution is -2.29. The van der Waals surface area contributed by atoms with Gasteiger partial charge in [0, 0.05) is 19.6 Å². The predicted molar refractivity (Wildman–Crippen MR) is 75.8 cm³/mol. The molecule has 0 aliphatic carbocycles. The van der Waals surface area contributed by atoms with Gasteiger partial charge in [0.25, 0.3) is 0 Å². The van der Waals surface area contributed by atoms with Crippen LogP contribution in [0.4, 0.5) is 0 Å². The summed E-state index contributed by atoms with van der Waals surface area (Å²) in [7, 11) is 0. The number of nitrogens with zero attached hydrogens (tertiary/aromatic N) is 1. The van der Waals surface area contributed by atoms with E-state index in [0.29, 0.717) is 19.0 Å². The zero-order valence-electron chi connectivity index (χ0n) is 11.9. The second-order valence-electron chi connectivity index (χ2n) is 5.28. The first-order valence-corrected chi connectivity index (χ1v) is 6.65. The van der Waals surface area contributed by atoms with Crippen LogP contribution in [0.15, 0.2) is 24.3 Å². The van der Waals surface area contributed by atoms with Crippen LogP contribution in [-0.2, 0) is 11.3 Å². The van der Waals surface area contributed by atoms with Crippen LogP contribution in [-0.4, -0.2) is 40.1 Å². The lowest BCUT2D eigenvalue weighted by atomic mass is 10.1. The number of aliphatic carboxylic acids is 1. The van der Waals surface area contributed by atoms with Crippen molar-refractivity contribution in [3.8, 4) is 0 Å². The molecule has 1 aromatic rings. The van der Waals surface area contributed by atoms with Crippen LogP contribution in [0, 0.1) is 5.92 Å². The van der Waals surface area contributed by atoms with Crippen LogP contribution < -0.4 is 0 Å². The fraction of sp³-hybridized carbons (Fsp3) is 0.467. The van der Waals surface area contributed by atoms with E-state index in [1.165, 1.54) is 0 Å². The van der Waals surface area contributed by atoms with Crippen LogP contribution in [0.25, 0.3) is 0 Å². The van der Waals surface area contributed by atoms with E-state index in [1.54, 1.807) is 18.2 Å². The Morgan fingerprint density at radius 3 is 2.50 bits per heavy atom. The Hall–Kier alpha value is -1.88. The molecule has 0 heterocycles. The average molecular weight is 279 g/mol. The second-order valence-corrected chi connectivity index (χ2v) is 5.28. The maximum Gasteiger partial charge on any atom is 0.335 e. The van der Waals surface area contributed by atoms with Crippen molar-refractivity contribution in [1.82, 2.24) is 4.90 Å². The predicted octanol–water partition coefficient (Wildman–Crippen LogP) is 2.32. The van der Waals surface area contributed by atoms with Crippen molar-refractivity contribution in [2.45, 2.75) is 26.8 Å². The van der Waals surface area contributed by atoms with Gasteiger partial charge in [-0.15, -0.1) is 0 Å². The number of hydrogen-bond donors (Lipinski definition) is 2. The fourth-order valence-corrected chi connectivity index (χ4v) is 2.07. The molecule has 1 aromatic carbocycles. The SMILES string of the molecule is CC(C)CN(CCC(=O)O)Cc1cccc(C(=O)O)c1. The maximum atomic E-state index is 10.9. The summed E-state index contributed by atoms with van der Waals surface area (Å²) in [6.45, 7) is 5.95. The van der Waals surface area contributed by atoms with Crippen molar-refractivity contribution in [3.05, 3.63) is 35.4 Å². The van der Waals surface area contributed by atoms with E-state index in [4.69, 9.17) is 10.2 Å². The molecule has 110 valence electrons. The molecular formula is C15H21NO4. The minimum Gasteiger partial charge on any atom is -0.481 e. The average Bonchev–Trinajstić information content (AvgIpc) is 2.35. The minimum absolute atomic E-state index is 0.0886. The van der Waals surface area contributed by atoms with Crippen LogP contribution >= 0.6 is 0 Å². The standard InChI is InChI=1S/C15H21NO4/c1-11(2)9-16(7-6-14(17)18)10-12-4-3-5-13(8-12)15(19)20/h3-5,8,11H,6-7,9-10H2,1-2H3,(H,17,18)(H,19,20). The quantitative estimate of drug-likeness (QED) is 0.763. The summed E-state index contributed by atoms with van der Waals surface area (Å²) in [5.41, 5.74) is 1.14. The van der Waals surface area contributed by atoms with Gasteiger partial charge in [-0.3, -0.25) is 9.69 Å². The number of benzene rings is 1. The first-order valence-electron chi connectivity index (χ1n) is 6.65. The minimum atomic E-state index is -0.951. The Morgan fingerprint density at radius 1 is 1.25 bits per heavy atom. The molecule has 1 rings (SSSR count). The normalized spacial score (nSPS) is 11.0. The number of rotatable bonds is 8. The molecule has 0 amide bonds. The molecule has 0 aliphatic rings. The summed E-state index contributed by atoms with van der Waals surface area (Å²) in [5, 5.41) is 17.7. The number of carboxylic acid groups (broad SMARTS) is 2. The van der Waals surface area contributed by atoms with Crippen molar-refractivity contribution in [3.63, 3.8) is 0 Å². The van der Waals surface area contributed by atoms with E-state index in [1.807, 2.05) is 11.0 Å². The zero-order valence-corrected chi connectivity index (χ0v) is 11.9. The van der Waals surface area contributed by atoms with Crippen LogP contribution in [0.3, 0.4) is 0 Å². The van der Waals surface area contributed by atoms with E-state index in [-0.39, 0.29) is 12.0 Å². The molecule has 0 atom stereocenters. The molecule has 0 aliphatic heterocycles. The van der Waals surface area contributed by atoms with Crippen molar-refractivity contribution in [2.24, 2.45) is 5.92 Å². The molecule has 5 heteroatoms. The summed E-state index contributed by atoms with van der Waals surface area (Å²) in [5.74, 6) is -1.35. The monoisotopic (exact) mass is 279 g/mol. The van der Waals surface area contributed by atoms with Crippen LogP contribution in [0.5, 0.6) is 0 Å². The third-order valence-corrected chi connectivity index (χ3v) is 2.85. The molecule has 5 nitrogen and oxygen atoms in total. The highest BCUT2D eigenvalue weighted by Crippen LogP contribution is 2.11. The lowest BCUT2D eigenvalue weighted by molar-refractivity contribution is -0.137. The third kappa shape index (κ3) is 5.84. The molecule has 0 aromatic heterocycles. The summed E-state index contributed by atoms with van der Waals surface area (Å²) < 4.78 is 0. The number of hydrogen-bond acceptors (Lipinski definition) is 3. The summed E-state index contributed by atoms with van der Waals surface area (Å²) >= 11 is 0. The Labute approximate surface area is 118 Å². The largest absolute Gasteiger partial charge is 0.481 e. The van der Waals surface area contributed by atoms with E-state index < -0.39 is 11.9 Å². The van der Waals surface area contributed by atoms with Crippen LogP contribution in [0.2, 0.25) is 0 Å². The summed E-state index contributed by atoms with van der Waals surface area (Å²) in [4.78, 5) is 23.7. The second kappa shape index (κ2) is 7.65. The lowest BCUT2D eigenvalue weighted by Gasteiger charge is -2.23. The maximum absolute atomic E-state index is 10.9. The molecule has 0 saturated heterocycles. The number of carboxylic acids is 2. The molecule has 0 radical (unpaired) electrons. The molecule has 0 saturated carbocycles. The Kier molecular flexibility index (Phi) is 6.18. The number of aromatic carboxylic acids is 1. The van der Waals surface area contributed by atoms with Gasteiger partial charge in [-0.05, 0) is 23.6 Å². The van der Waals surface area contributed by atoms with E-state index >= 15 is 0 Å². The van der Waals surface area contributed by atoms with Gasteiger partial charge >= 0.3 is 11.9 Å². The van der Waals surface area contributed by atoms with Crippen molar-refractivity contribution in [2.75, 3.05) is 13.1 Å². The molecule has 2 N–H and O–H groups in total. The van der Waals surface area contributed by atoms with Gasteiger partial charge in [-0.25, -0.2) is 4.79 Å². The summed E-state index contributed by atoms with van der Waals surface area (Å²) in [6, 6.07) is 6.76. The molecular weight excluding hydrogens is 258 g/mol. The fourth-order valence-electron chi connectivity index (χ4n) is 2.07.